The van der Waals surface area contributed by atoms with Gasteiger partial charge in [-0.05, 0) is 6.92 Å². The van der Waals surface area contributed by atoms with E-state index in [1.807, 2.05) is 6.92 Å². The molecule has 12 heavy (non-hydrogen) atoms. The topological polar surface area (TPSA) is 68.2 Å². The molecule has 1 aliphatic heterocycles. The molecule has 0 saturated carbocycles. The fraction of sp³-hybridized carbons (Fsp3) is 0.714. The van der Waals surface area contributed by atoms with Crippen LogP contribution in [0.5, 0.6) is 0 Å². The van der Waals surface area contributed by atoms with Crippen molar-refractivity contribution in [2.75, 3.05) is 13.1 Å². The third-order valence-corrected chi connectivity index (χ3v) is 2.11. The van der Waals surface area contributed by atoms with Gasteiger partial charge in [0.2, 0.25) is 0 Å². The van der Waals surface area contributed by atoms with Crippen LogP contribution in [0.3, 0.4) is 0 Å². The van der Waals surface area contributed by atoms with E-state index in [9.17, 15) is 0 Å². The molecule has 0 unspecified atom stereocenters. The van der Waals surface area contributed by atoms with Crippen molar-refractivity contribution in [3.8, 4) is 0 Å². The van der Waals surface area contributed by atoms with Crippen molar-refractivity contribution in [1.29, 1.82) is 0 Å². The Morgan fingerprint density at radius 2 is 2.33 bits per heavy atom. The normalized spacial score (nSPS) is 19.5. The molecule has 2 N–H and O–H groups in total. The van der Waals surface area contributed by atoms with Crippen LogP contribution < -0.4 is 5.73 Å². The zero-order chi connectivity index (χ0) is 8.55. The molecule has 66 valence electrons. The molecule has 1 aliphatic rings. The minimum atomic E-state index is 0.338. The van der Waals surface area contributed by atoms with E-state index in [-0.39, 0.29) is 0 Å². The molecule has 0 bridgehead atoms. The Labute approximate surface area is 70.5 Å². The van der Waals surface area contributed by atoms with Crippen LogP contribution in [-0.4, -0.2) is 34.3 Å². The first kappa shape index (κ1) is 7.70. The lowest BCUT2D eigenvalue weighted by Gasteiger charge is -2.36. The fourth-order valence-electron chi connectivity index (χ4n) is 1.34. The monoisotopic (exact) mass is 168 g/mol. The largest absolute Gasteiger partial charge is 0.325 e. The van der Waals surface area contributed by atoms with Crippen molar-refractivity contribution in [1.82, 2.24) is 15.2 Å². The Morgan fingerprint density at radius 1 is 1.58 bits per heavy atom. The van der Waals surface area contributed by atoms with Crippen LogP contribution in [0.1, 0.15) is 11.4 Å². The number of aromatic nitrogens is 2. The molecule has 1 fully saturated rings. The number of nitrogens with zero attached hydrogens (tertiary/aromatic N) is 3. The maximum absolute atomic E-state index is 5.63. The zero-order valence-electron chi connectivity index (χ0n) is 7.03. The van der Waals surface area contributed by atoms with Gasteiger partial charge in [0.05, 0.1) is 0 Å². The first-order valence-electron chi connectivity index (χ1n) is 4.01. The lowest BCUT2D eigenvalue weighted by molar-refractivity contribution is 0.138. The maximum Gasteiger partial charge on any atom is 0.122 e. The maximum atomic E-state index is 5.63. The first-order valence-corrected chi connectivity index (χ1v) is 4.01. The van der Waals surface area contributed by atoms with Crippen molar-refractivity contribution >= 4 is 0 Å². The predicted octanol–water partition coefficient (Wildman–Crippen LogP) is -0.479. The summed E-state index contributed by atoms with van der Waals surface area (Å²) in [5.41, 5.74) is 7.42. The summed E-state index contributed by atoms with van der Waals surface area (Å²) in [6, 6.07) is 0.338. The summed E-state index contributed by atoms with van der Waals surface area (Å²) in [6.07, 6.45) is 0. The SMILES string of the molecule is Cc1nonc1CN1CC(N)C1. The van der Waals surface area contributed by atoms with Crippen LogP contribution in [0.2, 0.25) is 0 Å². The molecule has 0 spiro atoms. The third kappa shape index (κ3) is 1.33. The van der Waals surface area contributed by atoms with E-state index < -0.39 is 0 Å². The molecule has 0 aliphatic carbocycles. The van der Waals surface area contributed by atoms with E-state index in [1.54, 1.807) is 0 Å². The molecule has 1 saturated heterocycles. The molecule has 1 aromatic rings. The Kier molecular flexibility index (Phi) is 1.82. The molecular weight excluding hydrogens is 156 g/mol. The molecule has 0 radical (unpaired) electrons. The van der Waals surface area contributed by atoms with Crippen molar-refractivity contribution < 1.29 is 4.63 Å². The van der Waals surface area contributed by atoms with E-state index in [1.165, 1.54) is 0 Å². The molecule has 0 aromatic carbocycles. The van der Waals surface area contributed by atoms with Gasteiger partial charge in [0.25, 0.3) is 0 Å². The second-order valence-corrected chi connectivity index (χ2v) is 3.25. The summed E-state index contributed by atoms with van der Waals surface area (Å²) in [7, 11) is 0. The van der Waals surface area contributed by atoms with Crippen molar-refractivity contribution in [2.24, 2.45) is 5.73 Å². The van der Waals surface area contributed by atoms with Crippen LogP contribution in [0.15, 0.2) is 4.63 Å². The Hall–Kier alpha value is -0.940. The molecule has 2 rings (SSSR count). The zero-order valence-corrected chi connectivity index (χ0v) is 7.03. The van der Waals surface area contributed by atoms with Gasteiger partial charge in [-0.15, -0.1) is 0 Å². The second-order valence-electron chi connectivity index (χ2n) is 3.25. The summed E-state index contributed by atoms with van der Waals surface area (Å²) in [5.74, 6) is 0. The molecule has 1 aromatic heterocycles. The number of likely N-dealkylation sites (tertiary alicyclic amines) is 1. The lowest BCUT2D eigenvalue weighted by atomic mass is 10.1. The first-order chi connectivity index (χ1) is 5.75. The summed E-state index contributed by atoms with van der Waals surface area (Å²) in [4.78, 5) is 2.22. The fourth-order valence-corrected chi connectivity index (χ4v) is 1.34. The average Bonchev–Trinajstić information content (AvgIpc) is 2.33. The summed E-state index contributed by atoms with van der Waals surface area (Å²) < 4.78 is 4.58. The number of rotatable bonds is 2. The third-order valence-electron chi connectivity index (χ3n) is 2.11. The summed E-state index contributed by atoms with van der Waals surface area (Å²) in [6.45, 7) is 4.60. The van der Waals surface area contributed by atoms with E-state index in [4.69, 9.17) is 5.73 Å². The van der Waals surface area contributed by atoms with Crippen LogP contribution in [0.4, 0.5) is 0 Å². The highest BCUT2D eigenvalue weighted by Crippen LogP contribution is 2.11. The summed E-state index contributed by atoms with van der Waals surface area (Å²) in [5, 5.41) is 7.50. The smallest absolute Gasteiger partial charge is 0.122 e. The highest BCUT2D eigenvalue weighted by Gasteiger charge is 2.24. The minimum absolute atomic E-state index is 0.338. The highest BCUT2D eigenvalue weighted by molar-refractivity contribution is 5.05. The molecule has 2 heterocycles. The average molecular weight is 168 g/mol. The standard InChI is InChI=1S/C7H12N4O/c1-5-7(10-12-9-5)4-11-2-6(8)3-11/h6H,2-4,8H2,1H3. The highest BCUT2D eigenvalue weighted by atomic mass is 16.6. The van der Waals surface area contributed by atoms with Crippen LogP contribution in [0, 0.1) is 6.92 Å². The van der Waals surface area contributed by atoms with Gasteiger partial charge in [0.1, 0.15) is 11.4 Å². The number of nitrogens with two attached hydrogens (primary N) is 1. The van der Waals surface area contributed by atoms with Gasteiger partial charge < -0.3 is 5.73 Å². The van der Waals surface area contributed by atoms with Gasteiger partial charge in [-0.25, -0.2) is 4.63 Å². The molecular formula is C7H12N4O. The number of hydrogen-bond donors (Lipinski definition) is 1. The van der Waals surface area contributed by atoms with Gasteiger partial charge in [0, 0.05) is 25.7 Å². The predicted molar refractivity (Wildman–Crippen MR) is 42.3 cm³/mol. The van der Waals surface area contributed by atoms with Gasteiger partial charge in [-0.1, -0.05) is 10.3 Å². The van der Waals surface area contributed by atoms with E-state index >= 15 is 0 Å². The van der Waals surface area contributed by atoms with Crippen LogP contribution >= 0.6 is 0 Å². The molecule has 5 heteroatoms. The van der Waals surface area contributed by atoms with Gasteiger partial charge in [-0.2, -0.15) is 0 Å². The number of aryl methyl sites for hydroxylation is 1. The van der Waals surface area contributed by atoms with Crippen molar-refractivity contribution in [2.45, 2.75) is 19.5 Å². The van der Waals surface area contributed by atoms with Gasteiger partial charge in [0.15, 0.2) is 0 Å². The Balaban J connectivity index is 1.92. The van der Waals surface area contributed by atoms with Crippen molar-refractivity contribution in [3.05, 3.63) is 11.4 Å². The Morgan fingerprint density at radius 3 is 2.83 bits per heavy atom. The number of hydrogen-bond acceptors (Lipinski definition) is 5. The van der Waals surface area contributed by atoms with Gasteiger partial charge in [-0.3, -0.25) is 4.90 Å². The van der Waals surface area contributed by atoms with Gasteiger partial charge >= 0.3 is 0 Å². The molecule has 0 amide bonds. The molecule has 5 nitrogen and oxygen atoms in total. The second kappa shape index (κ2) is 2.84. The van der Waals surface area contributed by atoms with E-state index in [0.717, 1.165) is 31.0 Å². The Bertz CT molecular complexity index is 266. The molecule has 0 atom stereocenters. The minimum Gasteiger partial charge on any atom is -0.325 e. The van der Waals surface area contributed by atoms with Crippen LogP contribution in [0.25, 0.3) is 0 Å². The quantitative estimate of drug-likeness (QED) is 0.646. The van der Waals surface area contributed by atoms with E-state index in [0.29, 0.717) is 6.04 Å². The lowest BCUT2D eigenvalue weighted by Crippen LogP contribution is -2.55. The van der Waals surface area contributed by atoms with Crippen LogP contribution in [-0.2, 0) is 6.54 Å². The van der Waals surface area contributed by atoms with E-state index in [2.05, 4.69) is 19.8 Å². The summed E-state index contributed by atoms with van der Waals surface area (Å²) >= 11 is 0. The van der Waals surface area contributed by atoms with Crippen molar-refractivity contribution in [3.63, 3.8) is 0 Å².